The molecule has 0 aliphatic carbocycles. The van der Waals surface area contributed by atoms with E-state index >= 15 is 0 Å². The minimum absolute atomic E-state index is 0.0899. The molecule has 21 heavy (non-hydrogen) atoms. The third-order valence-electron chi connectivity index (χ3n) is 2.97. The first-order chi connectivity index (χ1) is 9.84. The number of hydrogen-bond acceptors (Lipinski definition) is 4. The van der Waals surface area contributed by atoms with Crippen molar-refractivity contribution in [1.82, 2.24) is 9.29 Å². The Labute approximate surface area is 136 Å². The fourth-order valence-corrected chi connectivity index (χ4v) is 4.35. The lowest BCUT2D eigenvalue weighted by atomic mass is 10.4. The first-order valence-electron chi connectivity index (χ1n) is 7.25. The second-order valence-corrected chi connectivity index (χ2v) is 7.91. The van der Waals surface area contributed by atoms with E-state index < -0.39 is 10.0 Å². The molecule has 0 radical (unpaired) electrons. The second kappa shape index (κ2) is 8.10. The van der Waals surface area contributed by atoms with Gasteiger partial charge in [-0.3, -0.25) is 0 Å². The van der Waals surface area contributed by atoms with Crippen LogP contribution in [0.1, 0.15) is 40.5 Å². The van der Waals surface area contributed by atoms with Crippen molar-refractivity contribution in [2.24, 2.45) is 0 Å². The van der Waals surface area contributed by atoms with Gasteiger partial charge in [0, 0.05) is 29.8 Å². The van der Waals surface area contributed by atoms with Crippen LogP contribution in [0.3, 0.4) is 0 Å². The molecule has 1 N–H and O–H groups in total. The summed E-state index contributed by atoms with van der Waals surface area (Å²) >= 11 is 3.31. The number of sulfonamides is 1. The standard InChI is InChI=1S/C14H24BrN3O2S/c1-5-7-16-14-13(9-12(15)10-17-14)21(19,20)18(8-6-2)11(3)4/h9-11H,5-8H2,1-4H3,(H,16,17). The van der Waals surface area contributed by atoms with E-state index in [0.717, 1.165) is 12.8 Å². The summed E-state index contributed by atoms with van der Waals surface area (Å²) in [4.78, 5) is 4.45. The Hall–Kier alpha value is -0.660. The number of nitrogens with zero attached hydrogens (tertiary/aromatic N) is 2. The number of rotatable bonds is 8. The van der Waals surface area contributed by atoms with Crippen molar-refractivity contribution < 1.29 is 8.42 Å². The summed E-state index contributed by atoms with van der Waals surface area (Å²) in [5.41, 5.74) is 0. The van der Waals surface area contributed by atoms with Gasteiger partial charge in [-0.15, -0.1) is 0 Å². The van der Waals surface area contributed by atoms with E-state index in [0.29, 0.717) is 23.4 Å². The molecule has 7 heteroatoms. The third kappa shape index (κ3) is 4.66. The summed E-state index contributed by atoms with van der Waals surface area (Å²) < 4.78 is 28.0. The summed E-state index contributed by atoms with van der Waals surface area (Å²) in [7, 11) is -3.57. The number of anilines is 1. The van der Waals surface area contributed by atoms with E-state index in [4.69, 9.17) is 0 Å². The maximum Gasteiger partial charge on any atom is 0.247 e. The quantitative estimate of drug-likeness (QED) is 0.752. The zero-order chi connectivity index (χ0) is 16.0. The molecule has 0 fully saturated rings. The van der Waals surface area contributed by atoms with Gasteiger partial charge in [-0.05, 0) is 48.7 Å². The minimum Gasteiger partial charge on any atom is -0.369 e. The van der Waals surface area contributed by atoms with Crippen molar-refractivity contribution in [2.75, 3.05) is 18.4 Å². The van der Waals surface area contributed by atoms with E-state index in [9.17, 15) is 8.42 Å². The maximum atomic E-state index is 12.9. The van der Waals surface area contributed by atoms with Crippen LogP contribution in [0, 0.1) is 0 Å². The Balaban J connectivity index is 3.30. The largest absolute Gasteiger partial charge is 0.369 e. The topological polar surface area (TPSA) is 62.3 Å². The lowest BCUT2D eigenvalue weighted by Crippen LogP contribution is -2.38. The van der Waals surface area contributed by atoms with Crippen molar-refractivity contribution in [1.29, 1.82) is 0 Å². The van der Waals surface area contributed by atoms with Crippen molar-refractivity contribution in [3.05, 3.63) is 16.7 Å². The SMILES string of the molecule is CCCNc1ncc(Br)cc1S(=O)(=O)N(CCC)C(C)C. The summed E-state index contributed by atoms with van der Waals surface area (Å²) in [5, 5.41) is 3.09. The maximum absolute atomic E-state index is 12.9. The van der Waals surface area contributed by atoms with E-state index in [1.54, 1.807) is 12.3 Å². The predicted molar refractivity (Wildman–Crippen MR) is 90.0 cm³/mol. The van der Waals surface area contributed by atoms with Crippen molar-refractivity contribution in [3.63, 3.8) is 0 Å². The summed E-state index contributed by atoms with van der Waals surface area (Å²) in [6.45, 7) is 8.96. The van der Waals surface area contributed by atoms with Crippen LogP contribution in [0.15, 0.2) is 21.6 Å². The summed E-state index contributed by atoms with van der Waals surface area (Å²) in [6.07, 6.45) is 3.28. The van der Waals surface area contributed by atoms with Crippen LogP contribution in [0.4, 0.5) is 5.82 Å². The van der Waals surface area contributed by atoms with Crippen LogP contribution in [0.2, 0.25) is 0 Å². The first kappa shape index (κ1) is 18.4. The van der Waals surface area contributed by atoms with Crippen LogP contribution in [-0.2, 0) is 10.0 Å². The molecular formula is C14H24BrN3O2S. The van der Waals surface area contributed by atoms with Gasteiger partial charge in [-0.25, -0.2) is 13.4 Å². The molecule has 1 aromatic rings. The molecule has 0 saturated carbocycles. The molecule has 0 atom stereocenters. The molecule has 0 spiro atoms. The fourth-order valence-electron chi connectivity index (χ4n) is 2.00. The molecule has 0 bridgehead atoms. The Morgan fingerprint density at radius 3 is 2.52 bits per heavy atom. The lowest BCUT2D eigenvalue weighted by molar-refractivity contribution is 0.354. The summed E-state index contributed by atoms with van der Waals surface area (Å²) in [6, 6.07) is 1.53. The van der Waals surface area contributed by atoms with Gasteiger partial charge in [-0.1, -0.05) is 13.8 Å². The Morgan fingerprint density at radius 1 is 1.33 bits per heavy atom. The van der Waals surface area contributed by atoms with E-state index in [1.807, 2.05) is 27.7 Å². The highest BCUT2D eigenvalue weighted by Gasteiger charge is 2.29. The monoisotopic (exact) mass is 377 g/mol. The van der Waals surface area contributed by atoms with Gasteiger partial charge < -0.3 is 5.32 Å². The highest BCUT2D eigenvalue weighted by molar-refractivity contribution is 9.10. The van der Waals surface area contributed by atoms with Gasteiger partial charge in [0.25, 0.3) is 0 Å². The molecule has 0 aliphatic rings. The zero-order valence-electron chi connectivity index (χ0n) is 13.1. The molecule has 0 amide bonds. The molecule has 0 aliphatic heterocycles. The number of hydrogen-bond donors (Lipinski definition) is 1. The van der Waals surface area contributed by atoms with Crippen LogP contribution in [0.5, 0.6) is 0 Å². The van der Waals surface area contributed by atoms with Crippen LogP contribution >= 0.6 is 15.9 Å². The van der Waals surface area contributed by atoms with E-state index in [1.165, 1.54) is 4.31 Å². The third-order valence-corrected chi connectivity index (χ3v) is 5.49. The smallest absolute Gasteiger partial charge is 0.247 e. The second-order valence-electron chi connectivity index (χ2n) is 5.14. The Kier molecular flexibility index (Phi) is 7.09. The molecule has 5 nitrogen and oxygen atoms in total. The van der Waals surface area contributed by atoms with Crippen molar-refractivity contribution in [3.8, 4) is 0 Å². The first-order valence-corrected chi connectivity index (χ1v) is 9.49. The number of aromatic nitrogens is 1. The minimum atomic E-state index is -3.57. The number of nitrogens with one attached hydrogen (secondary N) is 1. The van der Waals surface area contributed by atoms with Gasteiger partial charge in [-0.2, -0.15) is 4.31 Å². The molecule has 1 heterocycles. The molecule has 0 unspecified atom stereocenters. The predicted octanol–water partition coefficient (Wildman–Crippen LogP) is 3.48. The molecule has 1 aromatic heterocycles. The molecule has 1 rings (SSSR count). The van der Waals surface area contributed by atoms with Gasteiger partial charge in [0.05, 0.1) is 0 Å². The van der Waals surface area contributed by atoms with Gasteiger partial charge in [0.1, 0.15) is 10.7 Å². The Bertz CT molecular complexity index is 561. The highest BCUT2D eigenvalue weighted by atomic mass is 79.9. The van der Waals surface area contributed by atoms with Crippen LogP contribution < -0.4 is 5.32 Å². The average molecular weight is 378 g/mol. The van der Waals surface area contributed by atoms with Crippen LogP contribution in [0.25, 0.3) is 0 Å². The molecule has 0 saturated heterocycles. The highest BCUT2D eigenvalue weighted by Crippen LogP contribution is 2.27. The Morgan fingerprint density at radius 2 is 2.00 bits per heavy atom. The molecule has 0 aromatic carbocycles. The number of halogens is 1. The zero-order valence-corrected chi connectivity index (χ0v) is 15.5. The normalized spacial score (nSPS) is 12.1. The van der Waals surface area contributed by atoms with E-state index in [2.05, 4.69) is 26.2 Å². The van der Waals surface area contributed by atoms with E-state index in [-0.39, 0.29) is 10.9 Å². The van der Waals surface area contributed by atoms with Crippen LogP contribution in [-0.4, -0.2) is 36.8 Å². The van der Waals surface area contributed by atoms with Crippen molar-refractivity contribution in [2.45, 2.75) is 51.5 Å². The fraction of sp³-hybridized carbons (Fsp3) is 0.643. The molecular weight excluding hydrogens is 354 g/mol. The summed E-state index contributed by atoms with van der Waals surface area (Å²) in [5.74, 6) is 0.418. The van der Waals surface area contributed by atoms with Gasteiger partial charge in [0.15, 0.2) is 0 Å². The number of pyridine rings is 1. The molecule has 120 valence electrons. The van der Waals surface area contributed by atoms with Gasteiger partial charge in [0.2, 0.25) is 10.0 Å². The average Bonchev–Trinajstić information content (AvgIpc) is 2.42. The van der Waals surface area contributed by atoms with Crippen molar-refractivity contribution >= 4 is 31.8 Å². The lowest BCUT2D eigenvalue weighted by Gasteiger charge is -2.26. The van der Waals surface area contributed by atoms with Gasteiger partial charge >= 0.3 is 0 Å².